The van der Waals surface area contributed by atoms with Gasteiger partial charge in [-0.05, 0) is 63.5 Å². The molecule has 1 saturated heterocycles. The number of hydrogen-bond donors (Lipinski definition) is 1. The zero-order valence-corrected chi connectivity index (χ0v) is 16.0. The van der Waals surface area contributed by atoms with Crippen molar-refractivity contribution in [1.82, 2.24) is 0 Å². The molecule has 1 heterocycles. The van der Waals surface area contributed by atoms with Crippen molar-refractivity contribution in [3.63, 3.8) is 0 Å². The summed E-state index contributed by atoms with van der Waals surface area (Å²) in [6.07, 6.45) is 0. The van der Waals surface area contributed by atoms with Crippen LogP contribution in [0, 0.1) is 0 Å². The van der Waals surface area contributed by atoms with E-state index >= 15 is 0 Å². The van der Waals surface area contributed by atoms with Gasteiger partial charge in [-0.1, -0.05) is 18.2 Å². The van der Waals surface area contributed by atoms with Crippen LogP contribution in [0.1, 0.15) is 27.7 Å². The highest BCUT2D eigenvalue weighted by molar-refractivity contribution is 6.62. The van der Waals surface area contributed by atoms with E-state index in [9.17, 15) is 0 Å². The largest absolute Gasteiger partial charge is 0.494 e. The molecule has 0 aliphatic carbocycles. The van der Waals surface area contributed by atoms with Crippen molar-refractivity contribution in [2.45, 2.75) is 38.9 Å². The van der Waals surface area contributed by atoms with Gasteiger partial charge < -0.3 is 19.5 Å². The van der Waals surface area contributed by atoms with Gasteiger partial charge in [0, 0.05) is 31.2 Å². The molecule has 0 bridgehead atoms. The zero-order valence-electron chi connectivity index (χ0n) is 16.0. The molecule has 132 valence electrons. The molecule has 4 nitrogen and oxygen atoms in total. The Labute approximate surface area is 151 Å². The molecule has 1 N–H and O–H groups in total. The van der Waals surface area contributed by atoms with Crippen LogP contribution in [0.25, 0.3) is 0 Å². The lowest BCUT2D eigenvalue weighted by molar-refractivity contribution is 0.00578. The number of para-hydroxylation sites is 1. The summed E-state index contributed by atoms with van der Waals surface area (Å²) in [5, 5.41) is 3.47. The van der Waals surface area contributed by atoms with E-state index in [1.165, 1.54) is 0 Å². The molecule has 0 atom stereocenters. The summed E-state index contributed by atoms with van der Waals surface area (Å²) in [4.78, 5) is 2.09. The van der Waals surface area contributed by atoms with Crippen LogP contribution in [0.2, 0.25) is 0 Å². The van der Waals surface area contributed by atoms with Crippen molar-refractivity contribution in [2.75, 3.05) is 24.3 Å². The average Bonchev–Trinajstić information content (AvgIpc) is 2.76. The Bertz CT molecular complexity index is 729. The lowest BCUT2D eigenvalue weighted by atomic mass is 9.78. The van der Waals surface area contributed by atoms with Crippen LogP contribution in [0.3, 0.4) is 0 Å². The molecule has 0 unspecified atom stereocenters. The Morgan fingerprint density at radius 1 is 0.840 bits per heavy atom. The molecule has 3 rings (SSSR count). The van der Waals surface area contributed by atoms with Crippen LogP contribution in [-0.2, 0) is 9.31 Å². The number of anilines is 3. The minimum atomic E-state index is -0.374. The van der Waals surface area contributed by atoms with E-state index in [-0.39, 0.29) is 18.3 Å². The molecule has 0 amide bonds. The van der Waals surface area contributed by atoms with Crippen molar-refractivity contribution >= 4 is 29.6 Å². The molecule has 25 heavy (non-hydrogen) atoms. The molecule has 1 aliphatic rings. The van der Waals surface area contributed by atoms with E-state index in [1.807, 2.05) is 32.3 Å². The summed E-state index contributed by atoms with van der Waals surface area (Å²) in [5.74, 6) is 0. The Morgan fingerprint density at radius 3 is 2.00 bits per heavy atom. The first-order valence-electron chi connectivity index (χ1n) is 8.68. The lowest BCUT2D eigenvalue weighted by Gasteiger charge is -2.32. The maximum absolute atomic E-state index is 6.22. The van der Waals surface area contributed by atoms with E-state index in [2.05, 4.69) is 68.2 Å². The second kappa shape index (κ2) is 6.39. The van der Waals surface area contributed by atoms with Gasteiger partial charge in [-0.25, -0.2) is 0 Å². The normalized spacial score (nSPS) is 18.2. The molecule has 0 aromatic heterocycles. The van der Waals surface area contributed by atoms with Gasteiger partial charge in [0.25, 0.3) is 0 Å². The Morgan fingerprint density at radius 2 is 1.44 bits per heavy atom. The molecular weight excluding hydrogens is 311 g/mol. The Kier molecular flexibility index (Phi) is 4.56. The second-order valence-electron chi connectivity index (χ2n) is 7.79. The van der Waals surface area contributed by atoms with E-state index in [0.717, 1.165) is 22.5 Å². The van der Waals surface area contributed by atoms with Gasteiger partial charge in [0.2, 0.25) is 0 Å². The fourth-order valence-corrected chi connectivity index (χ4v) is 2.77. The number of nitrogens with one attached hydrogen (secondary N) is 1. The van der Waals surface area contributed by atoms with Crippen LogP contribution in [-0.4, -0.2) is 32.4 Å². The summed E-state index contributed by atoms with van der Waals surface area (Å²) >= 11 is 0. The van der Waals surface area contributed by atoms with Gasteiger partial charge >= 0.3 is 7.12 Å². The Balaban J connectivity index is 1.94. The fraction of sp³-hybridized carbons (Fsp3) is 0.400. The fourth-order valence-electron chi connectivity index (χ4n) is 2.77. The molecule has 5 heteroatoms. The molecule has 1 fully saturated rings. The quantitative estimate of drug-likeness (QED) is 0.860. The van der Waals surface area contributed by atoms with E-state index in [4.69, 9.17) is 9.31 Å². The van der Waals surface area contributed by atoms with Crippen LogP contribution < -0.4 is 15.7 Å². The third-order valence-electron chi connectivity index (χ3n) is 5.04. The van der Waals surface area contributed by atoms with Crippen molar-refractivity contribution in [3.8, 4) is 0 Å². The van der Waals surface area contributed by atoms with Crippen LogP contribution in [0.5, 0.6) is 0 Å². The van der Waals surface area contributed by atoms with Crippen molar-refractivity contribution in [2.24, 2.45) is 0 Å². The first-order valence-corrected chi connectivity index (χ1v) is 8.68. The summed E-state index contributed by atoms with van der Waals surface area (Å²) in [6, 6.07) is 16.5. The van der Waals surface area contributed by atoms with E-state index < -0.39 is 0 Å². The standard InChI is InChI=1S/C20H27BN2O2/c1-19(2)20(3,4)25-21(24-19)15-12-17(14-18(13-15)23(5)6)22-16-10-8-7-9-11-16/h7-14,22H,1-6H3. The molecule has 2 aromatic carbocycles. The molecule has 0 spiro atoms. The Hall–Kier alpha value is -1.98. The molecular formula is C20H27BN2O2. The number of rotatable bonds is 4. The second-order valence-corrected chi connectivity index (χ2v) is 7.79. The minimum absolute atomic E-state index is 0.348. The van der Waals surface area contributed by atoms with Crippen molar-refractivity contribution in [3.05, 3.63) is 48.5 Å². The van der Waals surface area contributed by atoms with Crippen molar-refractivity contribution < 1.29 is 9.31 Å². The summed E-state index contributed by atoms with van der Waals surface area (Å²) in [6.45, 7) is 8.30. The first kappa shape index (κ1) is 17.8. The van der Waals surface area contributed by atoms with E-state index in [0.29, 0.717) is 0 Å². The summed E-state index contributed by atoms with van der Waals surface area (Å²) < 4.78 is 12.4. The number of benzene rings is 2. The van der Waals surface area contributed by atoms with Gasteiger partial charge in [-0.15, -0.1) is 0 Å². The van der Waals surface area contributed by atoms with Crippen LogP contribution >= 0.6 is 0 Å². The molecule has 0 radical (unpaired) electrons. The zero-order chi connectivity index (χ0) is 18.2. The molecule has 1 aliphatic heterocycles. The SMILES string of the molecule is CN(C)c1cc(Nc2ccccc2)cc(B2OC(C)(C)C(C)(C)O2)c1. The monoisotopic (exact) mass is 338 g/mol. The first-order chi connectivity index (χ1) is 11.7. The van der Waals surface area contributed by atoms with Gasteiger partial charge in [0.15, 0.2) is 0 Å². The topological polar surface area (TPSA) is 33.7 Å². The minimum Gasteiger partial charge on any atom is -0.399 e. The number of nitrogens with zero attached hydrogens (tertiary/aromatic N) is 1. The highest BCUT2D eigenvalue weighted by atomic mass is 16.7. The van der Waals surface area contributed by atoms with Crippen molar-refractivity contribution in [1.29, 1.82) is 0 Å². The van der Waals surface area contributed by atoms with Crippen LogP contribution in [0.15, 0.2) is 48.5 Å². The highest BCUT2D eigenvalue weighted by Gasteiger charge is 2.51. The molecule has 0 saturated carbocycles. The van der Waals surface area contributed by atoms with Gasteiger partial charge in [-0.3, -0.25) is 0 Å². The van der Waals surface area contributed by atoms with Crippen LogP contribution in [0.4, 0.5) is 17.1 Å². The average molecular weight is 338 g/mol. The third kappa shape index (κ3) is 3.67. The van der Waals surface area contributed by atoms with Gasteiger partial charge in [0.1, 0.15) is 0 Å². The smallest absolute Gasteiger partial charge is 0.399 e. The predicted octanol–water partition coefficient (Wildman–Crippen LogP) is 3.80. The number of hydrogen-bond acceptors (Lipinski definition) is 4. The summed E-state index contributed by atoms with van der Waals surface area (Å²) in [5.41, 5.74) is 3.49. The molecule has 2 aromatic rings. The maximum atomic E-state index is 6.22. The third-order valence-corrected chi connectivity index (χ3v) is 5.04. The lowest BCUT2D eigenvalue weighted by Crippen LogP contribution is -2.41. The summed E-state index contributed by atoms with van der Waals surface area (Å²) in [7, 11) is 3.70. The highest BCUT2D eigenvalue weighted by Crippen LogP contribution is 2.37. The van der Waals surface area contributed by atoms with Gasteiger partial charge in [-0.2, -0.15) is 0 Å². The van der Waals surface area contributed by atoms with Gasteiger partial charge in [0.05, 0.1) is 11.2 Å². The maximum Gasteiger partial charge on any atom is 0.494 e. The van der Waals surface area contributed by atoms with E-state index in [1.54, 1.807) is 0 Å². The predicted molar refractivity (Wildman–Crippen MR) is 106 cm³/mol.